The third-order valence-corrected chi connectivity index (χ3v) is 9.22. The number of benzene rings is 1. The van der Waals surface area contributed by atoms with Gasteiger partial charge in [-0.1, -0.05) is 35.3 Å². The lowest BCUT2D eigenvalue weighted by atomic mass is 10.0. The SMILES string of the molecule is COc1nc(-c2ccnc(-c3cccc(Nc4nccc(CNC[C@H]5CCC(=O)N5)c4F)c3Cl)c2Cl)cc(F)c1CNC[C@@H]1CCC(=O)N1. The van der Waals surface area contributed by atoms with Crippen LogP contribution in [0, 0.1) is 11.6 Å². The Hall–Kier alpha value is -4.43. The van der Waals surface area contributed by atoms with Gasteiger partial charge in [0.1, 0.15) is 5.82 Å². The molecule has 6 rings (SSSR count). The molecule has 2 aliphatic rings. The number of anilines is 2. The number of carbonyl (C=O) groups excluding carboxylic acids is 2. The molecule has 256 valence electrons. The van der Waals surface area contributed by atoms with Crippen LogP contribution >= 0.6 is 23.2 Å². The average molecular weight is 712 g/mol. The first-order chi connectivity index (χ1) is 23.7. The fourth-order valence-electron chi connectivity index (χ4n) is 5.87. The Bertz CT molecular complexity index is 1880. The number of nitrogens with one attached hydrogen (secondary N) is 5. The van der Waals surface area contributed by atoms with E-state index in [4.69, 9.17) is 27.9 Å². The largest absolute Gasteiger partial charge is 0.481 e. The summed E-state index contributed by atoms with van der Waals surface area (Å²) in [5, 5.41) is 15.5. The summed E-state index contributed by atoms with van der Waals surface area (Å²) in [6.07, 6.45) is 5.44. The minimum absolute atomic E-state index is 0.00758. The topological polar surface area (TPSA) is 142 Å². The van der Waals surface area contributed by atoms with Crippen molar-refractivity contribution in [1.82, 2.24) is 36.2 Å². The van der Waals surface area contributed by atoms with Gasteiger partial charge in [-0.3, -0.25) is 14.6 Å². The van der Waals surface area contributed by atoms with Gasteiger partial charge in [0.05, 0.1) is 39.8 Å². The number of halogens is 4. The highest BCUT2D eigenvalue weighted by atomic mass is 35.5. The minimum atomic E-state index is -0.545. The maximum absolute atomic E-state index is 15.5. The maximum Gasteiger partial charge on any atom is 0.221 e. The number of carbonyl (C=O) groups is 2. The fraction of sp³-hybridized carbons (Fsp3) is 0.324. The summed E-state index contributed by atoms with van der Waals surface area (Å²) in [4.78, 5) is 36.1. The first-order valence-corrected chi connectivity index (χ1v) is 16.5. The molecule has 0 saturated carbocycles. The molecule has 3 aromatic heterocycles. The van der Waals surface area contributed by atoms with E-state index in [1.165, 1.54) is 25.6 Å². The van der Waals surface area contributed by atoms with E-state index in [2.05, 4.69) is 41.5 Å². The van der Waals surface area contributed by atoms with E-state index in [0.717, 1.165) is 12.8 Å². The number of hydrogen-bond acceptors (Lipinski definition) is 9. The Morgan fingerprint density at radius 1 is 0.898 bits per heavy atom. The van der Waals surface area contributed by atoms with Gasteiger partial charge in [-0.2, -0.15) is 0 Å². The first kappa shape index (κ1) is 34.4. The molecule has 2 fully saturated rings. The summed E-state index contributed by atoms with van der Waals surface area (Å²) in [6, 6.07) is 9.59. The predicted octanol–water partition coefficient (Wildman–Crippen LogP) is 5.28. The van der Waals surface area contributed by atoms with Gasteiger partial charge in [0.15, 0.2) is 11.6 Å². The zero-order valence-electron chi connectivity index (χ0n) is 26.5. The monoisotopic (exact) mass is 710 g/mol. The van der Waals surface area contributed by atoms with E-state index < -0.39 is 11.6 Å². The van der Waals surface area contributed by atoms with E-state index >= 15 is 8.78 Å². The van der Waals surface area contributed by atoms with Gasteiger partial charge in [0.25, 0.3) is 0 Å². The van der Waals surface area contributed by atoms with Crippen molar-refractivity contribution < 1.29 is 23.1 Å². The second-order valence-corrected chi connectivity index (χ2v) is 12.5. The van der Waals surface area contributed by atoms with Gasteiger partial charge < -0.3 is 31.3 Å². The van der Waals surface area contributed by atoms with E-state index in [9.17, 15) is 9.59 Å². The van der Waals surface area contributed by atoms with Gasteiger partial charge in [0, 0.05) is 86.3 Å². The van der Waals surface area contributed by atoms with Crippen molar-refractivity contribution in [2.24, 2.45) is 0 Å². The molecular weight excluding hydrogens is 677 g/mol. The highest BCUT2D eigenvalue weighted by molar-refractivity contribution is 6.39. The zero-order chi connectivity index (χ0) is 34.5. The lowest BCUT2D eigenvalue weighted by molar-refractivity contribution is -0.120. The number of aromatic nitrogens is 3. The maximum atomic E-state index is 15.5. The van der Waals surface area contributed by atoms with Crippen LogP contribution < -0.4 is 31.3 Å². The molecule has 5 heterocycles. The van der Waals surface area contributed by atoms with Gasteiger partial charge in [-0.15, -0.1) is 0 Å². The molecule has 11 nitrogen and oxygen atoms in total. The average Bonchev–Trinajstić information content (AvgIpc) is 3.71. The first-order valence-electron chi connectivity index (χ1n) is 15.8. The summed E-state index contributed by atoms with van der Waals surface area (Å²) in [5.41, 5.74) is 2.39. The predicted molar refractivity (Wildman–Crippen MR) is 183 cm³/mol. The summed E-state index contributed by atoms with van der Waals surface area (Å²) < 4.78 is 36.4. The fourth-order valence-corrected chi connectivity index (χ4v) is 6.45. The molecule has 49 heavy (non-hydrogen) atoms. The van der Waals surface area contributed by atoms with Gasteiger partial charge in [-0.05, 0) is 31.0 Å². The molecule has 2 aliphatic heterocycles. The number of methoxy groups -OCH3 is 1. The second kappa shape index (κ2) is 15.4. The molecule has 0 spiro atoms. The quantitative estimate of drug-likeness (QED) is 0.125. The molecule has 0 bridgehead atoms. The molecule has 2 atom stereocenters. The second-order valence-electron chi connectivity index (χ2n) is 11.8. The van der Waals surface area contributed by atoms with Crippen molar-refractivity contribution in [3.63, 3.8) is 0 Å². The third-order valence-electron chi connectivity index (χ3n) is 8.44. The van der Waals surface area contributed by atoms with Crippen LogP contribution in [0.5, 0.6) is 5.88 Å². The molecule has 0 radical (unpaired) electrons. The Kier molecular flexibility index (Phi) is 10.8. The number of rotatable bonds is 13. The van der Waals surface area contributed by atoms with Crippen molar-refractivity contribution in [3.05, 3.63) is 81.6 Å². The molecule has 1 aromatic carbocycles. The van der Waals surface area contributed by atoms with Crippen molar-refractivity contribution in [2.75, 3.05) is 25.5 Å². The zero-order valence-corrected chi connectivity index (χ0v) is 28.0. The molecule has 15 heteroatoms. The molecular formula is C34H34Cl2F2N8O3. The molecule has 2 amide bonds. The van der Waals surface area contributed by atoms with Crippen LogP contribution in [-0.4, -0.2) is 59.0 Å². The lowest BCUT2D eigenvalue weighted by Crippen LogP contribution is -2.35. The van der Waals surface area contributed by atoms with E-state index in [0.29, 0.717) is 54.0 Å². The Morgan fingerprint density at radius 2 is 1.59 bits per heavy atom. The number of ether oxygens (including phenoxy) is 1. The van der Waals surface area contributed by atoms with Gasteiger partial charge >= 0.3 is 0 Å². The smallest absolute Gasteiger partial charge is 0.221 e. The standard InChI is InChI=1S/C34H34Cl2F2N8O3/c1-49-34-23(17-40-16-20-6-8-28(48)44-20)24(37)13-26(46-34)21-10-12-41-32(30(21)36)22-3-2-4-25(29(22)35)45-33-31(38)18(9-11-42-33)14-39-15-19-5-7-27(47)43-19/h2-4,9-13,19-20,39-40H,5-8,14-17H2,1H3,(H,42,45)(H,43,47)(H,44,48)/t19-,20+/m1/s1. The van der Waals surface area contributed by atoms with E-state index in [1.54, 1.807) is 30.3 Å². The summed E-state index contributed by atoms with van der Waals surface area (Å²) in [5.74, 6) is -0.985. The molecule has 2 saturated heterocycles. The highest BCUT2D eigenvalue weighted by Crippen LogP contribution is 2.41. The van der Waals surface area contributed by atoms with Crippen molar-refractivity contribution >= 4 is 46.5 Å². The third kappa shape index (κ3) is 7.91. The van der Waals surface area contributed by atoms with Crippen molar-refractivity contribution in [2.45, 2.75) is 50.9 Å². The number of amides is 2. The Morgan fingerprint density at radius 3 is 2.27 bits per heavy atom. The van der Waals surface area contributed by atoms with E-state index in [1.807, 2.05) is 0 Å². The van der Waals surface area contributed by atoms with Crippen molar-refractivity contribution in [3.8, 4) is 28.4 Å². The van der Waals surface area contributed by atoms with Crippen molar-refractivity contribution in [1.29, 1.82) is 0 Å². The van der Waals surface area contributed by atoms with Crippen LogP contribution in [0.15, 0.2) is 48.8 Å². The van der Waals surface area contributed by atoms with Gasteiger partial charge in [-0.25, -0.2) is 18.7 Å². The summed E-state index contributed by atoms with van der Waals surface area (Å²) >= 11 is 13.7. The van der Waals surface area contributed by atoms with Crippen LogP contribution in [0.4, 0.5) is 20.3 Å². The number of nitrogens with zero attached hydrogens (tertiary/aromatic N) is 3. The molecule has 0 unspecified atom stereocenters. The van der Waals surface area contributed by atoms with E-state index in [-0.39, 0.29) is 70.0 Å². The van der Waals surface area contributed by atoms with Crippen LogP contribution in [0.3, 0.4) is 0 Å². The normalized spacial score (nSPS) is 17.2. The Labute approximate surface area is 291 Å². The Balaban J connectivity index is 1.19. The van der Waals surface area contributed by atoms with Crippen LogP contribution in [0.25, 0.3) is 22.5 Å². The molecule has 5 N–H and O–H groups in total. The van der Waals surface area contributed by atoms with Crippen LogP contribution in [0.1, 0.15) is 36.8 Å². The van der Waals surface area contributed by atoms with Gasteiger partial charge in [0.2, 0.25) is 17.7 Å². The highest BCUT2D eigenvalue weighted by Gasteiger charge is 2.23. The van der Waals surface area contributed by atoms with Crippen LogP contribution in [-0.2, 0) is 22.7 Å². The number of hydrogen-bond donors (Lipinski definition) is 5. The lowest BCUT2D eigenvalue weighted by Gasteiger charge is -2.16. The summed E-state index contributed by atoms with van der Waals surface area (Å²) in [6.45, 7) is 1.40. The van der Waals surface area contributed by atoms with Crippen LogP contribution in [0.2, 0.25) is 10.0 Å². The summed E-state index contributed by atoms with van der Waals surface area (Å²) in [7, 11) is 1.41. The number of pyridine rings is 3. The minimum Gasteiger partial charge on any atom is -0.481 e. The molecule has 4 aromatic rings. The molecule has 0 aliphatic carbocycles.